The lowest BCUT2D eigenvalue weighted by Crippen LogP contribution is -2.30. The molecule has 1 N–H and O–H groups in total. The summed E-state index contributed by atoms with van der Waals surface area (Å²) in [6.45, 7) is 5.78. The number of nitrogens with one attached hydrogen (secondary N) is 1. The molecule has 3 unspecified atom stereocenters. The van der Waals surface area contributed by atoms with Crippen molar-refractivity contribution in [3.8, 4) is 0 Å². The highest BCUT2D eigenvalue weighted by atomic mass is 15.1. The molecule has 1 fully saturated rings. The first-order chi connectivity index (χ1) is 9.06. The Balaban J connectivity index is 2.02. The van der Waals surface area contributed by atoms with E-state index in [1.165, 1.54) is 30.5 Å². The lowest BCUT2D eigenvalue weighted by Gasteiger charge is -2.33. The SMILES string of the molecule is CC1CCC(Nc2ccccc2CN(C)C)CC1C. The Morgan fingerprint density at radius 3 is 2.53 bits per heavy atom. The highest BCUT2D eigenvalue weighted by molar-refractivity contribution is 5.51. The lowest BCUT2D eigenvalue weighted by atomic mass is 9.79. The molecular formula is C17H28N2. The van der Waals surface area contributed by atoms with E-state index in [1.807, 2.05) is 0 Å². The molecule has 1 aliphatic rings. The molecule has 3 atom stereocenters. The summed E-state index contributed by atoms with van der Waals surface area (Å²) >= 11 is 0. The standard InChI is InChI=1S/C17H28N2/c1-13-9-10-16(11-14(13)2)18-17-8-6-5-7-15(17)12-19(3)4/h5-8,13-14,16,18H,9-12H2,1-4H3. The van der Waals surface area contributed by atoms with Gasteiger partial charge in [0.2, 0.25) is 0 Å². The third-order valence-electron chi connectivity index (χ3n) is 4.46. The highest BCUT2D eigenvalue weighted by Gasteiger charge is 2.24. The average Bonchev–Trinajstić information content (AvgIpc) is 2.36. The number of nitrogens with zero attached hydrogens (tertiary/aromatic N) is 1. The Morgan fingerprint density at radius 2 is 1.84 bits per heavy atom. The second-order valence-corrected chi connectivity index (χ2v) is 6.50. The van der Waals surface area contributed by atoms with Crippen LogP contribution in [0.2, 0.25) is 0 Å². The van der Waals surface area contributed by atoms with Crippen molar-refractivity contribution in [3.63, 3.8) is 0 Å². The number of anilines is 1. The van der Waals surface area contributed by atoms with E-state index < -0.39 is 0 Å². The predicted octanol–water partition coefficient (Wildman–Crippen LogP) is 3.98. The highest BCUT2D eigenvalue weighted by Crippen LogP contribution is 2.31. The van der Waals surface area contributed by atoms with Crippen molar-refractivity contribution in [3.05, 3.63) is 29.8 Å². The summed E-state index contributed by atoms with van der Waals surface area (Å²) in [6, 6.07) is 9.37. The fraction of sp³-hybridized carbons (Fsp3) is 0.647. The van der Waals surface area contributed by atoms with Crippen LogP contribution in [0.4, 0.5) is 5.69 Å². The summed E-state index contributed by atoms with van der Waals surface area (Å²) in [6.07, 6.45) is 3.97. The van der Waals surface area contributed by atoms with E-state index >= 15 is 0 Å². The summed E-state index contributed by atoms with van der Waals surface area (Å²) < 4.78 is 0. The van der Waals surface area contributed by atoms with Crippen LogP contribution in [0.3, 0.4) is 0 Å². The van der Waals surface area contributed by atoms with Crippen LogP contribution in [-0.2, 0) is 6.54 Å². The van der Waals surface area contributed by atoms with Gasteiger partial charge in [-0.3, -0.25) is 0 Å². The fourth-order valence-electron chi connectivity index (χ4n) is 3.04. The second kappa shape index (κ2) is 6.42. The fourth-order valence-corrected chi connectivity index (χ4v) is 3.04. The van der Waals surface area contributed by atoms with Gasteiger partial charge in [-0.15, -0.1) is 0 Å². The number of benzene rings is 1. The molecule has 1 aromatic rings. The second-order valence-electron chi connectivity index (χ2n) is 6.50. The van der Waals surface area contributed by atoms with Gasteiger partial charge in [-0.05, 0) is 56.8 Å². The molecule has 106 valence electrons. The van der Waals surface area contributed by atoms with Crippen molar-refractivity contribution in [1.82, 2.24) is 4.90 Å². The monoisotopic (exact) mass is 260 g/mol. The minimum Gasteiger partial charge on any atom is -0.382 e. The summed E-state index contributed by atoms with van der Waals surface area (Å²) in [7, 11) is 4.25. The number of para-hydroxylation sites is 1. The zero-order chi connectivity index (χ0) is 13.8. The molecule has 19 heavy (non-hydrogen) atoms. The van der Waals surface area contributed by atoms with Crippen LogP contribution in [0.15, 0.2) is 24.3 Å². The number of rotatable bonds is 4. The van der Waals surface area contributed by atoms with Crippen molar-refractivity contribution in [2.75, 3.05) is 19.4 Å². The van der Waals surface area contributed by atoms with Gasteiger partial charge < -0.3 is 10.2 Å². The Morgan fingerprint density at radius 1 is 1.11 bits per heavy atom. The van der Waals surface area contributed by atoms with E-state index in [2.05, 4.69) is 62.4 Å². The van der Waals surface area contributed by atoms with Crippen LogP contribution in [-0.4, -0.2) is 25.0 Å². The normalized spacial score (nSPS) is 27.5. The molecule has 2 nitrogen and oxygen atoms in total. The molecule has 1 saturated carbocycles. The molecule has 1 aliphatic carbocycles. The first-order valence-electron chi connectivity index (χ1n) is 7.55. The maximum absolute atomic E-state index is 3.78. The summed E-state index contributed by atoms with van der Waals surface area (Å²) in [5.41, 5.74) is 2.72. The molecule has 0 bridgehead atoms. The molecule has 0 saturated heterocycles. The maximum atomic E-state index is 3.78. The van der Waals surface area contributed by atoms with Crippen molar-refractivity contribution >= 4 is 5.69 Å². The first-order valence-corrected chi connectivity index (χ1v) is 7.55. The number of hydrogen-bond acceptors (Lipinski definition) is 2. The third kappa shape index (κ3) is 3.97. The van der Waals surface area contributed by atoms with E-state index in [0.717, 1.165) is 18.4 Å². The quantitative estimate of drug-likeness (QED) is 0.880. The molecule has 1 aromatic carbocycles. The van der Waals surface area contributed by atoms with Gasteiger partial charge in [0.05, 0.1) is 0 Å². The topological polar surface area (TPSA) is 15.3 Å². The molecule has 0 aromatic heterocycles. The molecule has 0 heterocycles. The van der Waals surface area contributed by atoms with E-state index in [-0.39, 0.29) is 0 Å². The van der Waals surface area contributed by atoms with Gasteiger partial charge in [0.1, 0.15) is 0 Å². The van der Waals surface area contributed by atoms with Gasteiger partial charge in [0, 0.05) is 18.3 Å². The molecule has 0 radical (unpaired) electrons. The van der Waals surface area contributed by atoms with Crippen LogP contribution in [0.25, 0.3) is 0 Å². The third-order valence-corrected chi connectivity index (χ3v) is 4.46. The van der Waals surface area contributed by atoms with Crippen molar-refractivity contribution in [2.45, 2.75) is 45.7 Å². The molecule has 0 amide bonds. The van der Waals surface area contributed by atoms with E-state index in [9.17, 15) is 0 Å². The predicted molar refractivity (Wildman–Crippen MR) is 83.4 cm³/mol. The summed E-state index contributed by atoms with van der Waals surface area (Å²) in [4.78, 5) is 2.23. The van der Waals surface area contributed by atoms with E-state index in [1.54, 1.807) is 0 Å². The van der Waals surface area contributed by atoms with E-state index in [0.29, 0.717) is 6.04 Å². The Hall–Kier alpha value is -1.02. The van der Waals surface area contributed by atoms with Gasteiger partial charge in [-0.2, -0.15) is 0 Å². The van der Waals surface area contributed by atoms with Gasteiger partial charge in [-0.25, -0.2) is 0 Å². The summed E-state index contributed by atoms with van der Waals surface area (Å²) in [5, 5.41) is 3.78. The van der Waals surface area contributed by atoms with E-state index in [4.69, 9.17) is 0 Å². The minimum absolute atomic E-state index is 0.648. The van der Waals surface area contributed by atoms with Gasteiger partial charge >= 0.3 is 0 Å². The van der Waals surface area contributed by atoms with Crippen LogP contribution in [0, 0.1) is 11.8 Å². The lowest BCUT2D eigenvalue weighted by molar-refractivity contribution is 0.260. The smallest absolute Gasteiger partial charge is 0.0388 e. The molecular weight excluding hydrogens is 232 g/mol. The average molecular weight is 260 g/mol. The van der Waals surface area contributed by atoms with Gasteiger partial charge in [-0.1, -0.05) is 32.0 Å². The maximum Gasteiger partial charge on any atom is 0.0388 e. The van der Waals surface area contributed by atoms with Crippen LogP contribution < -0.4 is 5.32 Å². The van der Waals surface area contributed by atoms with Gasteiger partial charge in [0.15, 0.2) is 0 Å². The van der Waals surface area contributed by atoms with Gasteiger partial charge in [0.25, 0.3) is 0 Å². The minimum atomic E-state index is 0.648. The molecule has 0 aliphatic heterocycles. The van der Waals surface area contributed by atoms with Crippen molar-refractivity contribution < 1.29 is 0 Å². The Labute approximate surface area is 118 Å². The van der Waals surface area contributed by atoms with Crippen LogP contribution in [0.5, 0.6) is 0 Å². The number of hydrogen-bond donors (Lipinski definition) is 1. The largest absolute Gasteiger partial charge is 0.382 e. The molecule has 2 rings (SSSR count). The Bertz CT molecular complexity index is 400. The Kier molecular flexibility index (Phi) is 4.87. The van der Waals surface area contributed by atoms with Crippen LogP contribution >= 0.6 is 0 Å². The zero-order valence-corrected chi connectivity index (χ0v) is 12.8. The molecule has 0 spiro atoms. The first kappa shape index (κ1) is 14.4. The van der Waals surface area contributed by atoms with Crippen molar-refractivity contribution in [1.29, 1.82) is 0 Å². The summed E-state index contributed by atoms with van der Waals surface area (Å²) in [5.74, 6) is 1.72. The zero-order valence-electron chi connectivity index (χ0n) is 12.8. The van der Waals surface area contributed by atoms with Crippen molar-refractivity contribution in [2.24, 2.45) is 11.8 Å². The van der Waals surface area contributed by atoms with Crippen LogP contribution in [0.1, 0.15) is 38.7 Å². The molecule has 2 heteroatoms.